The molecule has 1 heteroatoms. The number of phenolic OH excluding ortho intramolecular Hbond substituents is 1. The molecule has 1 aromatic carbocycles. The molecule has 0 saturated heterocycles. The standard InChI is InChI=1S/C30H54O/c1-5-9-12-15-18-22-26-25-30(31)29(21-8-4)28(24-20-17-14-11-7-3)27(26)23-19-16-13-10-6-2/h25,31H,5-24H2,1-4H3. The first kappa shape index (κ1) is 28.1. The zero-order valence-corrected chi connectivity index (χ0v) is 21.7. The van der Waals surface area contributed by atoms with Gasteiger partial charge in [0.05, 0.1) is 0 Å². The minimum Gasteiger partial charge on any atom is -0.508 e. The van der Waals surface area contributed by atoms with Crippen LogP contribution in [0.5, 0.6) is 5.75 Å². The number of unbranched alkanes of at least 4 members (excludes halogenated alkanes) is 12. The van der Waals surface area contributed by atoms with E-state index in [-0.39, 0.29) is 0 Å². The zero-order valence-electron chi connectivity index (χ0n) is 21.7. The van der Waals surface area contributed by atoms with E-state index >= 15 is 0 Å². The normalized spacial score (nSPS) is 11.4. The van der Waals surface area contributed by atoms with Gasteiger partial charge >= 0.3 is 0 Å². The molecule has 0 atom stereocenters. The monoisotopic (exact) mass is 430 g/mol. The van der Waals surface area contributed by atoms with Crippen LogP contribution in [0.25, 0.3) is 0 Å². The lowest BCUT2D eigenvalue weighted by Gasteiger charge is -2.21. The Hall–Kier alpha value is -0.980. The minimum absolute atomic E-state index is 0.587. The van der Waals surface area contributed by atoms with Crippen LogP contribution in [0.1, 0.15) is 153 Å². The van der Waals surface area contributed by atoms with Crippen molar-refractivity contribution in [3.05, 3.63) is 28.3 Å². The third-order valence-corrected chi connectivity index (χ3v) is 6.85. The third kappa shape index (κ3) is 11.4. The fourth-order valence-corrected chi connectivity index (χ4v) is 4.96. The van der Waals surface area contributed by atoms with Crippen molar-refractivity contribution >= 4 is 0 Å². The van der Waals surface area contributed by atoms with Gasteiger partial charge in [0.25, 0.3) is 0 Å². The second-order valence-electron chi connectivity index (χ2n) is 9.73. The van der Waals surface area contributed by atoms with E-state index in [1.54, 1.807) is 5.56 Å². The summed E-state index contributed by atoms with van der Waals surface area (Å²) in [5, 5.41) is 11.0. The van der Waals surface area contributed by atoms with E-state index in [9.17, 15) is 5.11 Å². The summed E-state index contributed by atoms with van der Waals surface area (Å²) in [5.41, 5.74) is 5.91. The number of benzene rings is 1. The first-order chi connectivity index (χ1) is 15.2. The number of rotatable bonds is 20. The molecule has 0 aliphatic carbocycles. The largest absolute Gasteiger partial charge is 0.508 e. The van der Waals surface area contributed by atoms with Gasteiger partial charge in [-0.1, -0.05) is 111 Å². The molecular formula is C30H54O. The van der Waals surface area contributed by atoms with Crippen LogP contribution < -0.4 is 0 Å². The van der Waals surface area contributed by atoms with E-state index in [1.807, 2.05) is 0 Å². The Morgan fingerprint density at radius 3 is 1.39 bits per heavy atom. The van der Waals surface area contributed by atoms with Crippen LogP contribution in [0.15, 0.2) is 6.07 Å². The summed E-state index contributed by atoms with van der Waals surface area (Å²) in [4.78, 5) is 0. The molecule has 0 aromatic heterocycles. The van der Waals surface area contributed by atoms with Crippen LogP contribution in [0.2, 0.25) is 0 Å². The number of aromatic hydroxyl groups is 1. The Labute approximate surface area is 195 Å². The highest BCUT2D eigenvalue weighted by atomic mass is 16.3. The van der Waals surface area contributed by atoms with Gasteiger partial charge in [-0.15, -0.1) is 0 Å². The fraction of sp³-hybridized carbons (Fsp3) is 0.800. The molecule has 0 unspecified atom stereocenters. The van der Waals surface area contributed by atoms with Gasteiger partial charge in [0.2, 0.25) is 0 Å². The molecule has 1 rings (SSSR count). The van der Waals surface area contributed by atoms with E-state index in [0.29, 0.717) is 5.75 Å². The molecule has 180 valence electrons. The molecule has 1 nitrogen and oxygen atoms in total. The predicted octanol–water partition coefficient (Wildman–Crippen LogP) is 9.88. The molecule has 0 radical (unpaired) electrons. The van der Waals surface area contributed by atoms with E-state index in [1.165, 1.54) is 126 Å². The average molecular weight is 431 g/mol. The predicted molar refractivity (Wildman–Crippen MR) is 139 cm³/mol. The van der Waals surface area contributed by atoms with Gasteiger partial charge in [0.1, 0.15) is 5.75 Å². The molecule has 0 fully saturated rings. The highest BCUT2D eigenvalue weighted by molar-refractivity contribution is 5.50. The summed E-state index contributed by atoms with van der Waals surface area (Å²) in [5.74, 6) is 0.587. The maximum atomic E-state index is 11.0. The summed E-state index contributed by atoms with van der Waals surface area (Å²) in [7, 11) is 0. The molecule has 0 bridgehead atoms. The Kier molecular flexibility index (Phi) is 16.8. The maximum Gasteiger partial charge on any atom is 0.119 e. The Morgan fingerprint density at radius 1 is 0.452 bits per heavy atom. The molecule has 31 heavy (non-hydrogen) atoms. The lowest BCUT2D eigenvalue weighted by molar-refractivity contribution is 0.464. The molecule has 0 heterocycles. The van der Waals surface area contributed by atoms with Crippen LogP contribution in [0.4, 0.5) is 0 Å². The highest BCUT2D eigenvalue weighted by Crippen LogP contribution is 2.33. The van der Waals surface area contributed by atoms with Crippen molar-refractivity contribution in [3.8, 4) is 5.75 Å². The Morgan fingerprint density at radius 2 is 0.903 bits per heavy atom. The summed E-state index contributed by atoms with van der Waals surface area (Å²) in [6.07, 6.45) is 25.6. The van der Waals surface area contributed by atoms with Crippen LogP contribution >= 0.6 is 0 Å². The first-order valence-electron chi connectivity index (χ1n) is 14.0. The second-order valence-corrected chi connectivity index (χ2v) is 9.73. The summed E-state index contributed by atoms with van der Waals surface area (Å²) in [6.45, 7) is 9.12. The zero-order chi connectivity index (χ0) is 22.7. The topological polar surface area (TPSA) is 20.2 Å². The van der Waals surface area contributed by atoms with Gasteiger partial charge < -0.3 is 5.11 Å². The molecule has 0 aliphatic rings. The van der Waals surface area contributed by atoms with Crippen molar-refractivity contribution in [2.24, 2.45) is 0 Å². The van der Waals surface area contributed by atoms with E-state index in [4.69, 9.17) is 0 Å². The van der Waals surface area contributed by atoms with Gasteiger partial charge in [-0.3, -0.25) is 0 Å². The van der Waals surface area contributed by atoms with Gasteiger partial charge in [0.15, 0.2) is 0 Å². The number of hydrogen-bond donors (Lipinski definition) is 1. The first-order valence-corrected chi connectivity index (χ1v) is 14.0. The van der Waals surface area contributed by atoms with Crippen LogP contribution in [-0.2, 0) is 25.7 Å². The van der Waals surface area contributed by atoms with Crippen molar-refractivity contribution in [2.75, 3.05) is 0 Å². The van der Waals surface area contributed by atoms with Crippen LogP contribution in [-0.4, -0.2) is 5.11 Å². The van der Waals surface area contributed by atoms with Gasteiger partial charge in [-0.2, -0.15) is 0 Å². The van der Waals surface area contributed by atoms with Crippen LogP contribution in [0.3, 0.4) is 0 Å². The minimum atomic E-state index is 0.587. The van der Waals surface area contributed by atoms with Crippen molar-refractivity contribution in [1.29, 1.82) is 0 Å². The van der Waals surface area contributed by atoms with Gasteiger partial charge in [-0.25, -0.2) is 0 Å². The Balaban J connectivity index is 3.01. The van der Waals surface area contributed by atoms with Crippen molar-refractivity contribution < 1.29 is 5.11 Å². The van der Waals surface area contributed by atoms with Crippen molar-refractivity contribution in [1.82, 2.24) is 0 Å². The van der Waals surface area contributed by atoms with E-state index in [2.05, 4.69) is 33.8 Å². The third-order valence-electron chi connectivity index (χ3n) is 6.85. The molecule has 0 aliphatic heterocycles. The van der Waals surface area contributed by atoms with E-state index in [0.717, 1.165) is 19.3 Å². The highest BCUT2D eigenvalue weighted by Gasteiger charge is 2.17. The molecular weight excluding hydrogens is 376 g/mol. The molecule has 1 N–H and O–H groups in total. The second kappa shape index (κ2) is 18.6. The number of aryl methyl sites for hydroxylation is 1. The summed E-state index contributed by atoms with van der Waals surface area (Å²) in [6, 6.07) is 2.16. The number of phenols is 1. The average Bonchev–Trinajstić information content (AvgIpc) is 2.76. The smallest absolute Gasteiger partial charge is 0.119 e. The maximum absolute atomic E-state index is 11.0. The number of hydrogen-bond acceptors (Lipinski definition) is 1. The van der Waals surface area contributed by atoms with Crippen molar-refractivity contribution in [3.63, 3.8) is 0 Å². The van der Waals surface area contributed by atoms with Crippen molar-refractivity contribution in [2.45, 2.75) is 156 Å². The summed E-state index contributed by atoms with van der Waals surface area (Å²) >= 11 is 0. The SMILES string of the molecule is CCCCCCCc1cc(O)c(CCC)c(CCCCCCC)c1CCCCCCC. The molecule has 0 spiro atoms. The van der Waals surface area contributed by atoms with E-state index < -0.39 is 0 Å². The molecule has 0 amide bonds. The lowest BCUT2D eigenvalue weighted by Crippen LogP contribution is -2.07. The van der Waals surface area contributed by atoms with Crippen LogP contribution in [0, 0.1) is 0 Å². The quantitative estimate of drug-likeness (QED) is 0.204. The Bertz CT molecular complexity index is 560. The lowest BCUT2D eigenvalue weighted by atomic mass is 9.85. The summed E-state index contributed by atoms with van der Waals surface area (Å²) < 4.78 is 0. The fourth-order valence-electron chi connectivity index (χ4n) is 4.96. The van der Waals surface area contributed by atoms with Gasteiger partial charge in [-0.05, 0) is 73.3 Å². The van der Waals surface area contributed by atoms with Gasteiger partial charge in [0, 0.05) is 0 Å². The molecule has 0 saturated carbocycles. The molecule has 1 aromatic rings.